The summed E-state index contributed by atoms with van der Waals surface area (Å²) in [6, 6.07) is 3.36. The third-order valence-corrected chi connectivity index (χ3v) is 2.17. The van der Waals surface area contributed by atoms with Crippen molar-refractivity contribution >= 4 is 11.7 Å². The number of pyridine rings is 1. The lowest BCUT2D eigenvalue weighted by atomic mass is 10.2. The van der Waals surface area contributed by atoms with Gasteiger partial charge in [-0.25, -0.2) is 4.98 Å². The van der Waals surface area contributed by atoms with E-state index in [9.17, 15) is 18.0 Å². The monoisotopic (exact) mass is 286 g/mol. The van der Waals surface area contributed by atoms with E-state index in [0.29, 0.717) is 0 Å². The summed E-state index contributed by atoms with van der Waals surface area (Å²) in [5.41, 5.74) is -1.18. The van der Waals surface area contributed by atoms with Gasteiger partial charge in [-0.1, -0.05) is 0 Å². The number of amides is 1. The van der Waals surface area contributed by atoms with Gasteiger partial charge in [0.25, 0.3) is 0 Å². The Morgan fingerprint density at radius 3 is 2.60 bits per heavy atom. The van der Waals surface area contributed by atoms with Crippen molar-refractivity contribution in [2.75, 3.05) is 11.9 Å². The number of anilines is 1. The molecule has 0 radical (unpaired) electrons. The second-order valence-electron chi connectivity index (χ2n) is 4.28. The molecule has 0 aromatic carbocycles. The van der Waals surface area contributed by atoms with Crippen LogP contribution in [0, 0.1) is 11.3 Å². The zero-order valence-electron chi connectivity index (χ0n) is 10.9. The van der Waals surface area contributed by atoms with Crippen molar-refractivity contribution in [1.82, 2.24) is 10.3 Å². The Morgan fingerprint density at radius 2 is 2.10 bits per heavy atom. The van der Waals surface area contributed by atoms with E-state index in [1.54, 1.807) is 19.9 Å². The highest BCUT2D eigenvalue weighted by Crippen LogP contribution is 2.29. The Bertz CT molecular complexity index is 534. The van der Waals surface area contributed by atoms with E-state index in [1.807, 2.05) is 0 Å². The van der Waals surface area contributed by atoms with E-state index in [0.717, 1.165) is 12.1 Å². The Morgan fingerprint density at radius 1 is 1.45 bits per heavy atom. The molecular formula is C12H13F3N4O. The van der Waals surface area contributed by atoms with Gasteiger partial charge in [0.1, 0.15) is 17.6 Å². The summed E-state index contributed by atoms with van der Waals surface area (Å²) >= 11 is 0. The number of nitrogens with one attached hydrogen (secondary N) is 2. The largest absolute Gasteiger partial charge is 0.433 e. The number of carbonyl (C=O) groups excluding carboxylic acids is 1. The first kappa shape index (κ1) is 15.8. The summed E-state index contributed by atoms with van der Waals surface area (Å²) in [6.07, 6.45) is -4.61. The minimum atomic E-state index is -4.61. The number of alkyl halides is 3. The molecule has 0 saturated heterocycles. The summed E-state index contributed by atoms with van der Waals surface area (Å²) in [6.45, 7) is 3.24. The predicted molar refractivity (Wildman–Crippen MR) is 65.7 cm³/mol. The molecular weight excluding hydrogens is 273 g/mol. The van der Waals surface area contributed by atoms with Crippen LogP contribution in [0.3, 0.4) is 0 Å². The van der Waals surface area contributed by atoms with Crippen molar-refractivity contribution in [3.05, 3.63) is 23.4 Å². The zero-order valence-corrected chi connectivity index (χ0v) is 10.9. The maximum Gasteiger partial charge on any atom is 0.433 e. The van der Waals surface area contributed by atoms with Gasteiger partial charge in [-0.2, -0.15) is 18.4 Å². The van der Waals surface area contributed by atoms with Gasteiger partial charge >= 0.3 is 6.18 Å². The van der Waals surface area contributed by atoms with Crippen LogP contribution in [0.1, 0.15) is 25.1 Å². The fourth-order valence-corrected chi connectivity index (χ4v) is 1.38. The minimum Gasteiger partial charge on any atom is -0.360 e. The second kappa shape index (κ2) is 6.23. The SMILES string of the molecule is CC(C)NC(=O)CNc1nc(C(F)(F)F)ccc1C#N. The first-order valence-corrected chi connectivity index (χ1v) is 5.75. The molecule has 1 amide bonds. The van der Waals surface area contributed by atoms with Crippen LogP contribution in [0.2, 0.25) is 0 Å². The molecule has 1 aromatic rings. The lowest BCUT2D eigenvalue weighted by Gasteiger charge is -2.12. The molecule has 0 unspecified atom stereocenters. The van der Waals surface area contributed by atoms with Crippen molar-refractivity contribution in [2.45, 2.75) is 26.1 Å². The standard InChI is InChI=1S/C12H13F3N4O/c1-7(2)18-10(20)6-17-11-8(5-16)3-4-9(19-11)12(13,14)15/h3-4,7H,6H2,1-2H3,(H,17,19)(H,18,20). The van der Waals surface area contributed by atoms with Gasteiger partial charge < -0.3 is 10.6 Å². The molecule has 0 bridgehead atoms. The van der Waals surface area contributed by atoms with Gasteiger partial charge in [-0.3, -0.25) is 4.79 Å². The first-order chi connectivity index (χ1) is 9.24. The molecule has 0 aliphatic heterocycles. The van der Waals surface area contributed by atoms with Crippen LogP contribution in [0.15, 0.2) is 12.1 Å². The number of nitriles is 1. The Balaban J connectivity index is 2.88. The van der Waals surface area contributed by atoms with Crippen LogP contribution >= 0.6 is 0 Å². The van der Waals surface area contributed by atoms with Crippen LogP contribution in [0.5, 0.6) is 0 Å². The molecule has 1 rings (SSSR count). The van der Waals surface area contributed by atoms with E-state index < -0.39 is 17.8 Å². The highest BCUT2D eigenvalue weighted by molar-refractivity contribution is 5.81. The molecule has 2 N–H and O–H groups in total. The fourth-order valence-electron chi connectivity index (χ4n) is 1.38. The average molecular weight is 286 g/mol. The van der Waals surface area contributed by atoms with Gasteiger partial charge in [0.05, 0.1) is 12.1 Å². The Labute approximate surface area is 113 Å². The number of halogens is 3. The van der Waals surface area contributed by atoms with Gasteiger partial charge in [0.15, 0.2) is 0 Å². The van der Waals surface area contributed by atoms with Crippen LogP contribution in [-0.2, 0) is 11.0 Å². The minimum absolute atomic E-state index is 0.0599. The number of hydrogen-bond donors (Lipinski definition) is 2. The van der Waals surface area contributed by atoms with E-state index in [4.69, 9.17) is 5.26 Å². The fraction of sp³-hybridized carbons (Fsp3) is 0.417. The van der Waals surface area contributed by atoms with Crippen LogP contribution in [-0.4, -0.2) is 23.5 Å². The summed E-state index contributed by atoms with van der Waals surface area (Å²) in [5, 5.41) is 13.8. The van der Waals surface area contributed by atoms with E-state index in [2.05, 4.69) is 15.6 Å². The molecule has 0 fully saturated rings. The smallest absolute Gasteiger partial charge is 0.360 e. The van der Waals surface area contributed by atoms with Crippen molar-refractivity contribution in [3.63, 3.8) is 0 Å². The van der Waals surface area contributed by atoms with Crippen molar-refractivity contribution < 1.29 is 18.0 Å². The maximum atomic E-state index is 12.5. The normalized spacial score (nSPS) is 11.1. The molecule has 1 aromatic heterocycles. The summed E-state index contributed by atoms with van der Waals surface area (Å²) < 4.78 is 37.6. The molecule has 0 spiro atoms. The van der Waals surface area contributed by atoms with Gasteiger partial charge in [0.2, 0.25) is 5.91 Å². The number of carbonyl (C=O) groups is 1. The maximum absolute atomic E-state index is 12.5. The predicted octanol–water partition coefficient (Wildman–Crippen LogP) is 1.91. The molecule has 1 heterocycles. The number of hydrogen-bond acceptors (Lipinski definition) is 4. The molecule has 8 heteroatoms. The first-order valence-electron chi connectivity index (χ1n) is 5.75. The van der Waals surface area contributed by atoms with E-state index in [1.165, 1.54) is 0 Å². The molecule has 20 heavy (non-hydrogen) atoms. The van der Waals surface area contributed by atoms with E-state index >= 15 is 0 Å². The summed E-state index contributed by atoms with van der Waals surface area (Å²) in [7, 11) is 0. The second-order valence-corrected chi connectivity index (χ2v) is 4.28. The quantitative estimate of drug-likeness (QED) is 0.886. The molecule has 0 aliphatic rings. The van der Waals surface area contributed by atoms with Crippen molar-refractivity contribution in [2.24, 2.45) is 0 Å². The van der Waals surface area contributed by atoms with E-state index in [-0.39, 0.29) is 24.0 Å². The van der Waals surface area contributed by atoms with Crippen molar-refractivity contribution in [1.29, 1.82) is 5.26 Å². The molecule has 5 nitrogen and oxygen atoms in total. The molecule has 0 aliphatic carbocycles. The third-order valence-electron chi connectivity index (χ3n) is 2.17. The highest BCUT2D eigenvalue weighted by atomic mass is 19.4. The van der Waals surface area contributed by atoms with Crippen molar-refractivity contribution in [3.8, 4) is 6.07 Å². The topological polar surface area (TPSA) is 77.8 Å². The number of aromatic nitrogens is 1. The average Bonchev–Trinajstić information content (AvgIpc) is 2.34. The lowest BCUT2D eigenvalue weighted by Crippen LogP contribution is -2.35. The van der Waals surface area contributed by atoms with Crippen LogP contribution in [0.25, 0.3) is 0 Å². The molecule has 0 saturated carbocycles. The Kier molecular flexibility index (Phi) is 4.91. The van der Waals surface area contributed by atoms with Gasteiger partial charge in [-0.15, -0.1) is 0 Å². The van der Waals surface area contributed by atoms with Gasteiger partial charge in [0, 0.05) is 6.04 Å². The zero-order chi connectivity index (χ0) is 15.3. The van der Waals surface area contributed by atoms with Gasteiger partial charge in [-0.05, 0) is 26.0 Å². The summed E-state index contributed by atoms with van der Waals surface area (Å²) in [5.74, 6) is -0.663. The summed E-state index contributed by atoms with van der Waals surface area (Å²) in [4.78, 5) is 14.7. The highest BCUT2D eigenvalue weighted by Gasteiger charge is 2.33. The van der Waals surface area contributed by atoms with Crippen LogP contribution in [0.4, 0.5) is 19.0 Å². The molecule has 108 valence electrons. The third kappa shape index (κ3) is 4.42. The molecule has 0 atom stereocenters. The Hall–Kier alpha value is -2.30. The van der Waals surface area contributed by atoms with Crippen LogP contribution < -0.4 is 10.6 Å². The lowest BCUT2D eigenvalue weighted by molar-refractivity contribution is -0.141. The number of rotatable bonds is 4. The number of nitrogens with zero attached hydrogens (tertiary/aromatic N) is 2.